The summed E-state index contributed by atoms with van der Waals surface area (Å²) in [6.45, 7) is 9.56. The third kappa shape index (κ3) is 4.66. The lowest BCUT2D eigenvalue weighted by Gasteiger charge is -2.26. The van der Waals surface area contributed by atoms with Crippen molar-refractivity contribution in [3.8, 4) is 0 Å². The average Bonchev–Trinajstić information content (AvgIpc) is 2.92. The van der Waals surface area contributed by atoms with E-state index in [1.165, 1.54) is 11.3 Å². The fourth-order valence-corrected chi connectivity index (χ4v) is 2.76. The normalized spacial score (nSPS) is 22.8. The molecule has 118 valence electrons. The van der Waals surface area contributed by atoms with E-state index in [1.807, 2.05) is 40.0 Å². The zero-order chi connectivity index (χ0) is 15.7. The van der Waals surface area contributed by atoms with Crippen LogP contribution in [0.5, 0.6) is 0 Å². The summed E-state index contributed by atoms with van der Waals surface area (Å²) in [6, 6.07) is -0.387. The molecule has 1 aromatic heterocycles. The van der Waals surface area contributed by atoms with E-state index in [0.717, 1.165) is 5.01 Å². The molecule has 1 N–H and O–H groups in total. The molecule has 6 nitrogen and oxygen atoms in total. The van der Waals surface area contributed by atoms with Gasteiger partial charge in [0.15, 0.2) is 5.79 Å². The van der Waals surface area contributed by atoms with Crippen LogP contribution in [-0.2, 0) is 14.2 Å². The first-order valence-electron chi connectivity index (χ1n) is 6.87. The number of hydrogen-bond donors (Lipinski definition) is 1. The molecule has 1 aliphatic rings. The first-order valence-corrected chi connectivity index (χ1v) is 7.75. The molecule has 2 rings (SSSR count). The Bertz CT molecular complexity index is 482. The van der Waals surface area contributed by atoms with Gasteiger partial charge < -0.3 is 19.5 Å². The highest BCUT2D eigenvalue weighted by Crippen LogP contribution is 2.31. The number of ether oxygens (including phenoxy) is 3. The van der Waals surface area contributed by atoms with Gasteiger partial charge >= 0.3 is 6.09 Å². The Morgan fingerprint density at radius 2 is 2.29 bits per heavy atom. The Labute approximate surface area is 128 Å². The van der Waals surface area contributed by atoms with Crippen molar-refractivity contribution >= 4 is 17.4 Å². The van der Waals surface area contributed by atoms with Gasteiger partial charge in [0, 0.05) is 11.6 Å². The molecule has 2 atom stereocenters. The molecule has 7 heteroatoms. The molecule has 21 heavy (non-hydrogen) atoms. The van der Waals surface area contributed by atoms with Crippen molar-refractivity contribution in [1.29, 1.82) is 0 Å². The van der Waals surface area contributed by atoms with Crippen LogP contribution in [-0.4, -0.2) is 35.2 Å². The molecule has 0 aliphatic carbocycles. The van der Waals surface area contributed by atoms with E-state index < -0.39 is 17.5 Å². The maximum absolute atomic E-state index is 12.0. The molecule has 0 saturated carbocycles. The van der Waals surface area contributed by atoms with Crippen molar-refractivity contribution in [1.82, 2.24) is 10.3 Å². The van der Waals surface area contributed by atoms with E-state index in [2.05, 4.69) is 10.3 Å². The van der Waals surface area contributed by atoms with Crippen LogP contribution in [0.15, 0.2) is 11.6 Å². The third-order valence-corrected chi connectivity index (χ3v) is 3.65. The zero-order valence-corrected chi connectivity index (χ0v) is 13.8. The molecule has 0 aromatic carbocycles. The summed E-state index contributed by atoms with van der Waals surface area (Å²) in [5.41, 5.74) is -0.552. The molecule has 1 fully saturated rings. The number of hydrogen-bond acceptors (Lipinski definition) is 6. The maximum atomic E-state index is 12.0. The molecular formula is C14H22N2O4S. The van der Waals surface area contributed by atoms with Crippen LogP contribution in [0.2, 0.25) is 0 Å². The van der Waals surface area contributed by atoms with Crippen molar-refractivity contribution in [3.63, 3.8) is 0 Å². The summed E-state index contributed by atoms with van der Waals surface area (Å²) in [5, 5.41) is 5.47. The Kier molecular flexibility index (Phi) is 4.55. The van der Waals surface area contributed by atoms with E-state index in [9.17, 15) is 4.79 Å². The van der Waals surface area contributed by atoms with Gasteiger partial charge in [0.1, 0.15) is 22.8 Å². The first kappa shape index (κ1) is 16.2. The van der Waals surface area contributed by atoms with Gasteiger partial charge in [-0.25, -0.2) is 9.78 Å². The number of nitrogens with one attached hydrogen (secondary N) is 1. The molecule has 2 heterocycles. The van der Waals surface area contributed by atoms with E-state index in [4.69, 9.17) is 14.2 Å². The van der Waals surface area contributed by atoms with Gasteiger partial charge in [0.05, 0.1) is 6.61 Å². The largest absolute Gasteiger partial charge is 0.444 e. The Morgan fingerprint density at radius 1 is 1.57 bits per heavy atom. The topological polar surface area (TPSA) is 69.7 Å². The highest BCUT2D eigenvalue weighted by Gasteiger charge is 2.40. The second kappa shape index (κ2) is 5.90. The Morgan fingerprint density at radius 3 is 2.76 bits per heavy atom. The smallest absolute Gasteiger partial charge is 0.408 e. The highest BCUT2D eigenvalue weighted by atomic mass is 32.1. The monoisotopic (exact) mass is 314 g/mol. The molecule has 1 amide bonds. The average molecular weight is 314 g/mol. The lowest BCUT2D eigenvalue weighted by Crippen LogP contribution is -2.41. The lowest BCUT2D eigenvalue weighted by atomic mass is 10.2. The van der Waals surface area contributed by atoms with E-state index >= 15 is 0 Å². The summed E-state index contributed by atoms with van der Waals surface area (Å²) in [5.74, 6) is -0.657. The maximum Gasteiger partial charge on any atom is 0.408 e. The summed E-state index contributed by atoms with van der Waals surface area (Å²) < 4.78 is 16.7. The number of nitrogens with zero attached hydrogens (tertiary/aromatic N) is 1. The highest BCUT2D eigenvalue weighted by molar-refractivity contribution is 7.09. The molecule has 0 unspecified atom stereocenters. The molecular weight excluding hydrogens is 292 g/mol. The van der Waals surface area contributed by atoms with Crippen LogP contribution in [0.25, 0.3) is 0 Å². The molecule has 1 aromatic rings. The first-order chi connectivity index (χ1) is 9.66. The summed E-state index contributed by atoms with van der Waals surface area (Å²) in [7, 11) is 0. The summed E-state index contributed by atoms with van der Waals surface area (Å²) >= 11 is 1.46. The molecule has 1 saturated heterocycles. The molecule has 0 bridgehead atoms. The van der Waals surface area contributed by atoms with Crippen molar-refractivity contribution in [2.24, 2.45) is 0 Å². The van der Waals surface area contributed by atoms with Gasteiger partial charge in [-0.2, -0.15) is 0 Å². The molecule has 1 aliphatic heterocycles. The summed E-state index contributed by atoms with van der Waals surface area (Å²) in [6.07, 6.45) is 0.916. The molecule has 0 spiro atoms. The SMILES string of the molecule is CC(C)(C)OC(=O)N[C@H](c1nccs1)[C@H]1COC(C)(C)O1. The minimum absolute atomic E-state index is 0.293. The second-order valence-electron chi connectivity index (χ2n) is 6.36. The third-order valence-electron chi connectivity index (χ3n) is 2.79. The quantitative estimate of drug-likeness (QED) is 0.929. The van der Waals surface area contributed by atoms with Crippen molar-refractivity contribution in [2.45, 2.75) is 58.2 Å². The van der Waals surface area contributed by atoms with Crippen molar-refractivity contribution in [3.05, 3.63) is 16.6 Å². The van der Waals surface area contributed by atoms with Crippen molar-refractivity contribution in [2.75, 3.05) is 6.61 Å². The number of alkyl carbamates (subject to hydrolysis) is 1. The van der Waals surface area contributed by atoms with E-state index in [0.29, 0.717) is 6.61 Å². The fourth-order valence-electron chi connectivity index (χ4n) is 2.02. The van der Waals surface area contributed by atoms with E-state index in [-0.39, 0.29) is 12.1 Å². The predicted octanol–water partition coefficient (Wildman–Crippen LogP) is 2.86. The van der Waals surface area contributed by atoms with Crippen LogP contribution < -0.4 is 5.32 Å². The van der Waals surface area contributed by atoms with E-state index in [1.54, 1.807) is 6.20 Å². The lowest BCUT2D eigenvalue weighted by molar-refractivity contribution is -0.141. The minimum Gasteiger partial charge on any atom is -0.444 e. The summed E-state index contributed by atoms with van der Waals surface area (Å²) in [4.78, 5) is 16.3. The fraction of sp³-hybridized carbons (Fsp3) is 0.714. The van der Waals surface area contributed by atoms with Gasteiger partial charge in [-0.05, 0) is 34.6 Å². The van der Waals surface area contributed by atoms with Crippen LogP contribution in [0, 0.1) is 0 Å². The van der Waals surface area contributed by atoms with Crippen LogP contribution >= 0.6 is 11.3 Å². The number of carbonyl (C=O) groups is 1. The molecule has 0 radical (unpaired) electrons. The minimum atomic E-state index is -0.657. The second-order valence-corrected chi connectivity index (χ2v) is 7.29. The van der Waals surface area contributed by atoms with Gasteiger partial charge in [-0.1, -0.05) is 0 Å². The van der Waals surface area contributed by atoms with Gasteiger partial charge in [-0.3, -0.25) is 0 Å². The Hall–Kier alpha value is -1.18. The van der Waals surface area contributed by atoms with Crippen LogP contribution in [0.4, 0.5) is 4.79 Å². The standard InChI is InChI=1S/C14H22N2O4S/c1-13(2,3)20-12(17)16-10(11-15-6-7-21-11)9-8-18-14(4,5)19-9/h6-7,9-10H,8H2,1-5H3,(H,16,17)/t9-,10+/m1/s1. The van der Waals surface area contributed by atoms with Crippen molar-refractivity contribution < 1.29 is 19.0 Å². The number of thiazole rings is 1. The number of rotatable bonds is 3. The van der Waals surface area contributed by atoms with Gasteiger partial charge in [0.2, 0.25) is 0 Å². The van der Waals surface area contributed by atoms with Crippen LogP contribution in [0.3, 0.4) is 0 Å². The zero-order valence-electron chi connectivity index (χ0n) is 13.0. The predicted molar refractivity (Wildman–Crippen MR) is 79.1 cm³/mol. The number of amides is 1. The number of carbonyl (C=O) groups excluding carboxylic acids is 1. The Balaban J connectivity index is 2.09. The van der Waals surface area contributed by atoms with Crippen LogP contribution in [0.1, 0.15) is 45.7 Å². The van der Waals surface area contributed by atoms with Gasteiger partial charge in [0.25, 0.3) is 0 Å². The number of aromatic nitrogens is 1. The van der Waals surface area contributed by atoms with Gasteiger partial charge in [-0.15, -0.1) is 11.3 Å².